The molecule has 28 heavy (non-hydrogen) atoms. The zero-order valence-corrected chi connectivity index (χ0v) is 16.1. The zero-order valence-electron chi connectivity index (χ0n) is 16.1. The lowest BCUT2D eigenvalue weighted by Gasteiger charge is -2.35. The molecular formula is C22H25N3O3. The molecule has 2 aromatic rings. The molecule has 0 N–H and O–H groups in total. The number of nitrogens with zero attached hydrogens (tertiary/aromatic N) is 3. The predicted octanol–water partition coefficient (Wildman–Crippen LogP) is 3.02. The van der Waals surface area contributed by atoms with Crippen LogP contribution in [0.5, 0.6) is 11.5 Å². The summed E-state index contributed by atoms with van der Waals surface area (Å²) in [6.45, 7) is 7.07. The lowest BCUT2D eigenvalue weighted by molar-refractivity contribution is -0.126. The molecule has 0 unspecified atom stereocenters. The molecule has 1 aromatic heterocycles. The number of ether oxygens (including phenoxy) is 2. The van der Waals surface area contributed by atoms with E-state index in [-0.39, 0.29) is 5.91 Å². The van der Waals surface area contributed by atoms with Gasteiger partial charge in [-0.2, -0.15) is 0 Å². The van der Waals surface area contributed by atoms with Gasteiger partial charge in [0.15, 0.2) is 11.5 Å². The normalized spacial score (nSPS) is 14.2. The summed E-state index contributed by atoms with van der Waals surface area (Å²) in [7, 11) is 1.59. The number of carbonyl (C=O) groups excluding carboxylic acids is 1. The molecule has 6 heteroatoms. The summed E-state index contributed by atoms with van der Waals surface area (Å²) in [6, 6.07) is 9.57. The first kappa shape index (κ1) is 19.5. The van der Waals surface area contributed by atoms with E-state index in [1.54, 1.807) is 37.7 Å². The van der Waals surface area contributed by atoms with Crippen molar-refractivity contribution in [2.45, 2.75) is 0 Å². The lowest BCUT2D eigenvalue weighted by atomic mass is 10.1. The number of anilines is 1. The van der Waals surface area contributed by atoms with E-state index in [4.69, 9.17) is 9.47 Å². The number of methoxy groups -OCH3 is 1. The Labute approximate surface area is 165 Å². The Hall–Kier alpha value is -3.28. The highest BCUT2D eigenvalue weighted by atomic mass is 16.5. The number of piperazine rings is 1. The zero-order chi connectivity index (χ0) is 19.8. The fourth-order valence-electron chi connectivity index (χ4n) is 3.07. The van der Waals surface area contributed by atoms with Crippen molar-refractivity contribution < 1.29 is 14.3 Å². The second-order valence-corrected chi connectivity index (χ2v) is 6.36. The number of rotatable bonds is 7. The van der Waals surface area contributed by atoms with Crippen LogP contribution in [0.25, 0.3) is 6.08 Å². The molecule has 0 saturated carbocycles. The van der Waals surface area contributed by atoms with Crippen LogP contribution in [-0.2, 0) is 4.79 Å². The molecule has 1 saturated heterocycles. The molecule has 0 bridgehead atoms. The summed E-state index contributed by atoms with van der Waals surface area (Å²) in [5, 5.41) is 0. The molecule has 0 aliphatic carbocycles. The summed E-state index contributed by atoms with van der Waals surface area (Å²) in [6.07, 6.45) is 8.67. The predicted molar refractivity (Wildman–Crippen MR) is 111 cm³/mol. The van der Waals surface area contributed by atoms with Crippen LogP contribution in [0, 0.1) is 0 Å². The van der Waals surface area contributed by atoms with Gasteiger partial charge in [0.05, 0.1) is 7.11 Å². The topological polar surface area (TPSA) is 54.9 Å². The van der Waals surface area contributed by atoms with Crippen LogP contribution in [0.2, 0.25) is 0 Å². The number of hydrogen-bond acceptors (Lipinski definition) is 5. The first-order valence-electron chi connectivity index (χ1n) is 9.25. The van der Waals surface area contributed by atoms with Crippen molar-refractivity contribution in [2.75, 3.05) is 44.8 Å². The molecule has 1 fully saturated rings. The molecule has 0 radical (unpaired) electrons. The highest BCUT2D eigenvalue weighted by Gasteiger charge is 2.19. The van der Waals surface area contributed by atoms with Gasteiger partial charge in [0.25, 0.3) is 0 Å². The van der Waals surface area contributed by atoms with Crippen molar-refractivity contribution in [1.29, 1.82) is 0 Å². The van der Waals surface area contributed by atoms with Crippen LogP contribution in [0.15, 0.2) is 61.5 Å². The number of amides is 1. The Kier molecular flexibility index (Phi) is 6.68. The van der Waals surface area contributed by atoms with Gasteiger partial charge < -0.3 is 19.3 Å². The molecule has 2 heterocycles. The van der Waals surface area contributed by atoms with Crippen molar-refractivity contribution in [2.24, 2.45) is 0 Å². The standard InChI is InChI=1S/C22H25N3O3/c1-3-16-28-20-6-4-18(17-21(20)27-2)5-7-22(26)25-14-12-24(13-15-25)19-8-10-23-11-9-19/h3-11,17H,1,12-16H2,2H3/b7-5+. The minimum atomic E-state index is 0.0142. The van der Waals surface area contributed by atoms with Gasteiger partial charge >= 0.3 is 0 Å². The molecule has 0 atom stereocenters. The largest absolute Gasteiger partial charge is 0.493 e. The summed E-state index contributed by atoms with van der Waals surface area (Å²) < 4.78 is 10.9. The minimum Gasteiger partial charge on any atom is -0.493 e. The van der Waals surface area contributed by atoms with Gasteiger partial charge in [-0.25, -0.2) is 0 Å². The Morgan fingerprint density at radius 3 is 2.57 bits per heavy atom. The van der Waals surface area contributed by atoms with E-state index < -0.39 is 0 Å². The van der Waals surface area contributed by atoms with E-state index >= 15 is 0 Å². The monoisotopic (exact) mass is 379 g/mol. The van der Waals surface area contributed by atoms with Crippen molar-refractivity contribution in [1.82, 2.24) is 9.88 Å². The average molecular weight is 379 g/mol. The van der Waals surface area contributed by atoms with Gasteiger partial charge in [-0.15, -0.1) is 0 Å². The molecule has 1 aliphatic heterocycles. The number of carbonyl (C=O) groups is 1. The summed E-state index contributed by atoms with van der Waals surface area (Å²) >= 11 is 0. The van der Waals surface area contributed by atoms with Gasteiger partial charge in [-0.1, -0.05) is 18.7 Å². The Balaban J connectivity index is 1.57. The molecule has 1 aromatic carbocycles. The fourth-order valence-corrected chi connectivity index (χ4v) is 3.07. The maximum absolute atomic E-state index is 12.5. The molecule has 3 rings (SSSR count). The Bertz CT molecular complexity index is 828. The third-order valence-electron chi connectivity index (χ3n) is 4.58. The lowest BCUT2D eigenvalue weighted by Crippen LogP contribution is -2.48. The quantitative estimate of drug-likeness (QED) is 0.547. The number of aromatic nitrogens is 1. The van der Waals surface area contributed by atoms with Crippen molar-refractivity contribution in [3.8, 4) is 11.5 Å². The van der Waals surface area contributed by atoms with E-state index in [9.17, 15) is 4.79 Å². The maximum atomic E-state index is 12.5. The average Bonchev–Trinajstić information content (AvgIpc) is 2.77. The Morgan fingerprint density at radius 2 is 1.89 bits per heavy atom. The fraction of sp³-hybridized carbons (Fsp3) is 0.273. The van der Waals surface area contributed by atoms with Crippen molar-refractivity contribution in [3.63, 3.8) is 0 Å². The van der Waals surface area contributed by atoms with Gasteiger partial charge in [0.1, 0.15) is 6.61 Å². The van der Waals surface area contributed by atoms with Gasteiger partial charge in [0.2, 0.25) is 5.91 Å². The van der Waals surface area contributed by atoms with Crippen LogP contribution in [0.1, 0.15) is 5.56 Å². The van der Waals surface area contributed by atoms with E-state index in [1.165, 1.54) is 0 Å². The van der Waals surface area contributed by atoms with E-state index in [0.717, 1.165) is 24.3 Å². The molecule has 1 amide bonds. The number of hydrogen-bond donors (Lipinski definition) is 0. The Morgan fingerprint density at radius 1 is 1.14 bits per heavy atom. The van der Waals surface area contributed by atoms with Crippen molar-refractivity contribution >= 4 is 17.7 Å². The van der Waals surface area contributed by atoms with Gasteiger partial charge in [0, 0.05) is 50.3 Å². The van der Waals surface area contributed by atoms with E-state index in [0.29, 0.717) is 31.2 Å². The smallest absolute Gasteiger partial charge is 0.246 e. The van der Waals surface area contributed by atoms with E-state index in [1.807, 2.05) is 35.2 Å². The van der Waals surface area contributed by atoms with Crippen LogP contribution in [0.4, 0.5) is 5.69 Å². The first-order valence-corrected chi connectivity index (χ1v) is 9.25. The van der Waals surface area contributed by atoms with Crippen LogP contribution < -0.4 is 14.4 Å². The summed E-state index contributed by atoms with van der Waals surface area (Å²) in [4.78, 5) is 20.7. The minimum absolute atomic E-state index is 0.0142. The SMILES string of the molecule is C=CCOc1ccc(/C=C/C(=O)N2CCN(c3ccncc3)CC2)cc1OC. The molecule has 1 aliphatic rings. The number of benzene rings is 1. The van der Waals surface area contributed by atoms with Crippen LogP contribution in [-0.4, -0.2) is 55.7 Å². The van der Waals surface area contributed by atoms with E-state index in [2.05, 4.69) is 16.5 Å². The third kappa shape index (κ3) is 4.91. The van der Waals surface area contributed by atoms with Gasteiger partial charge in [-0.3, -0.25) is 9.78 Å². The molecule has 6 nitrogen and oxygen atoms in total. The van der Waals surface area contributed by atoms with Gasteiger partial charge in [-0.05, 0) is 35.9 Å². The molecule has 0 spiro atoms. The maximum Gasteiger partial charge on any atom is 0.246 e. The van der Waals surface area contributed by atoms with Crippen LogP contribution in [0.3, 0.4) is 0 Å². The van der Waals surface area contributed by atoms with Crippen molar-refractivity contribution in [3.05, 3.63) is 67.0 Å². The highest BCUT2D eigenvalue weighted by Crippen LogP contribution is 2.28. The molecular weight excluding hydrogens is 354 g/mol. The second-order valence-electron chi connectivity index (χ2n) is 6.36. The van der Waals surface area contributed by atoms with Crippen LogP contribution >= 0.6 is 0 Å². The summed E-state index contributed by atoms with van der Waals surface area (Å²) in [5.74, 6) is 1.29. The second kappa shape index (κ2) is 9.60. The number of pyridine rings is 1. The third-order valence-corrected chi connectivity index (χ3v) is 4.58. The first-order chi connectivity index (χ1) is 13.7. The highest BCUT2D eigenvalue weighted by molar-refractivity contribution is 5.92. The molecule has 146 valence electrons. The summed E-state index contributed by atoms with van der Waals surface area (Å²) in [5.41, 5.74) is 2.02.